The first-order chi connectivity index (χ1) is 8.70. The second-order valence-electron chi connectivity index (χ2n) is 5.11. The van der Waals surface area contributed by atoms with E-state index >= 15 is 0 Å². The van der Waals surface area contributed by atoms with Crippen LogP contribution in [0.5, 0.6) is 5.75 Å². The van der Waals surface area contributed by atoms with Crippen LogP contribution in [0.3, 0.4) is 0 Å². The summed E-state index contributed by atoms with van der Waals surface area (Å²) in [6.45, 7) is 5.36. The number of ether oxygens (including phenoxy) is 1. The fourth-order valence-corrected chi connectivity index (χ4v) is 2.10. The Morgan fingerprint density at radius 2 is 2.22 bits per heavy atom. The highest BCUT2D eigenvalue weighted by Gasteiger charge is 2.19. The Morgan fingerprint density at radius 3 is 2.89 bits per heavy atom. The molecule has 1 aromatic rings. The molecule has 1 aliphatic carbocycles. The highest BCUT2D eigenvalue weighted by molar-refractivity contribution is 5.69. The first kappa shape index (κ1) is 13.2. The summed E-state index contributed by atoms with van der Waals surface area (Å²) < 4.78 is 5.42. The molecule has 0 aliphatic heterocycles. The molecule has 1 fully saturated rings. The van der Waals surface area contributed by atoms with Crippen LogP contribution in [0.25, 0.3) is 5.57 Å². The number of hydrogen-bond donors (Lipinski definition) is 1. The van der Waals surface area contributed by atoms with Gasteiger partial charge in [-0.3, -0.25) is 0 Å². The van der Waals surface area contributed by atoms with Gasteiger partial charge in [-0.1, -0.05) is 17.7 Å². The zero-order valence-electron chi connectivity index (χ0n) is 11.6. The van der Waals surface area contributed by atoms with Crippen LogP contribution in [0, 0.1) is 6.92 Å². The number of aryl methyl sites for hydroxylation is 1. The van der Waals surface area contributed by atoms with Crippen molar-refractivity contribution in [1.29, 1.82) is 0 Å². The highest BCUT2D eigenvalue weighted by atomic mass is 16.5. The summed E-state index contributed by atoms with van der Waals surface area (Å²) in [6.07, 6.45) is 6.09. The summed E-state index contributed by atoms with van der Waals surface area (Å²) in [5, 5.41) is 3.53. The standard InChI is InChI=1S/C16H23NO/c1-12-6-9-16(18-3)15(11-12)13(2)5-4-10-17-14-7-8-14/h5-6,9,11,14,17H,4,7-8,10H2,1-3H3. The molecule has 18 heavy (non-hydrogen) atoms. The van der Waals surface area contributed by atoms with Gasteiger partial charge in [0.05, 0.1) is 7.11 Å². The van der Waals surface area contributed by atoms with Gasteiger partial charge in [-0.25, -0.2) is 0 Å². The lowest BCUT2D eigenvalue weighted by molar-refractivity contribution is 0.413. The van der Waals surface area contributed by atoms with Crippen molar-refractivity contribution in [3.63, 3.8) is 0 Å². The van der Waals surface area contributed by atoms with Crippen molar-refractivity contribution in [2.45, 2.75) is 39.2 Å². The molecule has 2 rings (SSSR count). The Bertz CT molecular complexity index is 433. The molecule has 0 atom stereocenters. The topological polar surface area (TPSA) is 21.3 Å². The molecule has 1 aromatic carbocycles. The molecule has 0 aromatic heterocycles. The van der Waals surface area contributed by atoms with E-state index in [2.05, 4.69) is 37.4 Å². The average molecular weight is 245 g/mol. The smallest absolute Gasteiger partial charge is 0.126 e. The minimum absolute atomic E-state index is 0.798. The molecule has 2 nitrogen and oxygen atoms in total. The molecule has 0 amide bonds. The normalized spacial score (nSPS) is 15.8. The molecule has 0 saturated heterocycles. The van der Waals surface area contributed by atoms with Gasteiger partial charge in [0.1, 0.15) is 5.75 Å². The zero-order chi connectivity index (χ0) is 13.0. The van der Waals surface area contributed by atoms with Gasteiger partial charge in [0.2, 0.25) is 0 Å². The van der Waals surface area contributed by atoms with Crippen molar-refractivity contribution >= 4 is 5.57 Å². The zero-order valence-corrected chi connectivity index (χ0v) is 11.6. The minimum Gasteiger partial charge on any atom is -0.496 e. The third-order valence-corrected chi connectivity index (χ3v) is 3.39. The van der Waals surface area contributed by atoms with Gasteiger partial charge >= 0.3 is 0 Å². The highest BCUT2D eigenvalue weighted by Crippen LogP contribution is 2.27. The van der Waals surface area contributed by atoms with Crippen molar-refractivity contribution < 1.29 is 4.74 Å². The molecule has 0 heterocycles. The monoisotopic (exact) mass is 245 g/mol. The van der Waals surface area contributed by atoms with E-state index in [0.29, 0.717) is 0 Å². The number of rotatable bonds is 6. The molecular formula is C16H23NO. The maximum absolute atomic E-state index is 5.42. The first-order valence-electron chi connectivity index (χ1n) is 6.76. The molecule has 0 unspecified atom stereocenters. The second kappa shape index (κ2) is 6.05. The van der Waals surface area contributed by atoms with E-state index in [1.165, 1.54) is 29.5 Å². The van der Waals surface area contributed by atoms with Crippen molar-refractivity contribution in [1.82, 2.24) is 5.32 Å². The predicted octanol–water partition coefficient (Wildman–Crippen LogP) is 3.55. The average Bonchev–Trinajstić information content (AvgIpc) is 3.18. The van der Waals surface area contributed by atoms with Gasteiger partial charge in [0, 0.05) is 11.6 Å². The SMILES string of the molecule is COc1ccc(C)cc1C(C)=CCCNC1CC1. The van der Waals surface area contributed by atoms with Crippen molar-refractivity contribution in [3.05, 3.63) is 35.4 Å². The van der Waals surface area contributed by atoms with Crippen LogP contribution < -0.4 is 10.1 Å². The van der Waals surface area contributed by atoms with E-state index in [1.807, 2.05) is 6.07 Å². The summed E-state index contributed by atoms with van der Waals surface area (Å²) in [7, 11) is 1.73. The molecule has 98 valence electrons. The van der Waals surface area contributed by atoms with Crippen molar-refractivity contribution in [2.75, 3.05) is 13.7 Å². The Labute approximate surface area is 110 Å². The van der Waals surface area contributed by atoms with Crippen LogP contribution in [0.1, 0.15) is 37.3 Å². The lowest BCUT2D eigenvalue weighted by Gasteiger charge is -2.10. The Balaban J connectivity index is 1.98. The Kier molecular flexibility index (Phi) is 4.43. The maximum atomic E-state index is 5.42. The third-order valence-electron chi connectivity index (χ3n) is 3.39. The number of allylic oxidation sites excluding steroid dienone is 1. The Hall–Kier alpha value is -1.28. The van der Waals surface area contributed by atoms with Crippen LogP contribution in [0.2, 0.25) is 0 Å². The number of methoxy groups -OCH3 is 1. The van der Waals surface area contributed by atoms with Crippen molar-refractivity contribution in [3.8, 4) is 5.75 Å². The number of hydrogen-bond acceptors (Lipinski definition) is 2. The lowest BCUT2D eigenvalue weighted by Crippen LogP contribution is -2.16. The van der Waals surface area contributed by atoms with Crippen LogP contribution in [0.15, 0.2) is 24.3 Å². The lowest BCUT2D eigenvalue weighted by atomic mass is 10.0. The number of benzene rings is 1. The summed E-state index contributed by atoms with van der Waals surface area (Å²) in [5.74, 6) is 0.963. The fraction of sp³-hybridized carbons (Fsp3) is 0.500. The summed E-state index contributed by atoms with van der Waals surface area (Å²) in [5.41, 5.74) is 3.78. The maximum Gasteiger partial charge on any atom is 0.126 e. The van der Waals surface area contributed by atoms with Gasteiger partial charge in [0.25, 0.3) is 0 Å². The van der Waals surface area contributed by atoms with E-state index in [-0.39, 0.29) is 0 Å². The molecule has 1 saturated carbocycles. The van der Waals surface area contributed by atoms with Crippen LogP contribution in [0.4, 0.5) is 0 Å². The molecule has 0 spiro atoms. The van der Waals surface area contributed by atoms with Crippen LogP contribution in [-0.2, 0) is 0 Å². The summed E-state index contributed by atoms with van der Waals surface area (Å²) in [6, 6.07) is 7.13. The van der Waals surface area contributed by atoms with Crippen LogP contribution in [-0.4, -0.2) is 19.7 Å². The van der Waals surface area contributed by atoms with Gasteiger partial charge < -0.3 is 10.1 Å². The van der Waals surface area contributed by atoms with Gasteiger partial charge in [0.15, 0.2) is 0 Å². The molecule has 0 radical (unpaired) electrons. The minimum atomic E-state index is 0.798. The van der Waals surface area contributed by atoms with E-state index < -0.39 is 0 Å². The fourth-order valence-electron chi connectivity index (χ4n) is 2.10. The summed E-state index contributed by atoms with van der Waals surface area (Å²) in [4.78, 5) is 0. The molecule has 2 heteroatoms. The number of nitrogens with one attached hydrogen (secondary N) is 1. The largest absolute Gasteiger partial charge is 0.496 e. The molecule has 0 bridgehead atoms. The van der Waals surface area contributed by atoms with Gasteiger partial charge in [-0.05, 0) is 57.4 Å². The predicted molar refractivity (Wildman–Crippen MR) is 77.0 cm³/mol. The van der Waals surface area contributed by atoms with Gasteiger partial charge in [-0.15, -0.1) is 0 Å². The third kappa shape index (κ3) is 3.61. The van der Waals surface area contributed by atoms with E-state index in [1.54, 1.807) is 7.11 Å². The Morgan fingerprint density at radius 1 is 1.44 bits per heavy atom. The molecular weight excluding hydrogens is 222 g/mol. The van der Waals surface area contributed by atoms with E-state index in [4.69, 9.17) is 4.74 Å². The second-order valence-corrected chi connectivity index (χ2v) is 5.11. The van der Waals surface area contributed by atoms with Crippen LogP contribution >= 0.6 is 0 Å². The quantitative estimate of drug-likeness (QED) is 0.774. The van der Waals surface area contributed by atoms with E-state index in [0.717, 1.165) is 24.8 Å². The first-order valence-corrected chi connectivity index (χ1v) is 6.76. The van der Waals surface area contributed by atoms with Gasteiger partial charge in [-0.2, -0.15) is 0 Å². The van der Waals surface area contributed by atoms with Crippen molar-refractivity contribution in [2.24, 2.45) is 0 Å². The van der Waals surface area contributed by atoms with E-state index in [9.17, 15) is 0 Å². The molecule has 1 aliphatic rings. The molecule has 1 N–H and O–H groups in total. The summed E-state index contributed by atoms with van der Waals surface area (Å²) >= 11 is 0.